The van der Waals surface area contributed by atoms with Crippen LogP contribution in [0.4, 0.5) is 0 Å². The smallest absolute Gasteiger partial charge is 0.780 e. The van der Waals surface area contributed by atoms with Crippen molar-refractivity contribution in [3.05, 3.63) is 17.2 Å². The summed E-state index contributed by atoms with van der Waals surface area (Å²) in [6, 6.07) is 0.0693. The van der Waals surface area contributed by atoms with Crippen molar-refractivity contribution in [3.8, 4) is 17.2 Å². The molecule has 1 amide bonds. The molecule has 5 N–H and O–H groups in total. The van der Waals surface area contributed by atoms with Crippen molar-refractivity contribution in [2.24, 2.45) is 0 Å². The molecular weight excluding hydrogens is 435 g/mol. The molecule has 4 rings (SSSR count). The second-order valence-corrected chi connectivity index (χ2v) is 7.51. The number of phosphoric ester groups is 1. The molecule has 1 aromatic rings. The van der Waals surface area contributed by atoms with E-state index in [1.807, 2.05) is 0 Å². The minimum absolute atomic E-state index is 0. The molecule has 1 aromatic carbocycles. The number of carbonyl (C=O) groups is 1. The second kappa shape index (κ2) is 8.91. The summed E-state index contributed by atoms with van der Waals surface area (Å²) in [6.45, 7) is -0.334. The Balaban J connectivity index is 0.00000150. The molecule has 0 radical (unpaired) electrons. The molecule has 2 heterocycles. The van der Waals surface area contributed by atoms with Crippen LogP contribution in [0.1, 0.15) is 21.8 Å². The molecule has 0 unspecified atom stereocenters. The van der Waals surface area contributed by atoms with Gasteiger partial charge in [-0.1, -0.05) is 0 Å². The van der Waals surface area contributed by atoms with Crippen molar-refractivity contribution in [2.75, 3.05) is 6.79 Å². The fourth-order valence-electron chi connectivity index (χ4n) is 3.76. The average molecular weight is 449 g/mol. The van der Waals surface area contributed by atoms with E-state index in [-0.39, 0.29) is 83.0 Å². The zero-order chi connectivity index (χ0) is 19.7. The summed E-state index contributed by atoms with van der Waals surface area (Å²) in [5.41, 5.74) is -0.448. The van der Waals surface area contributed by atoms with Crippen LogP contribution in [0, 0.1) is 0 Å². The van der Waals surface area contributed by atoms with E-state index >= 15 is 0 Å². The van der Waals surface area contributed by atoms with Crippen LogP contribution in [-0.2, 0) is 4.57 Å². The van der Waals surface area contributed by atoms with Gasteiger partial charge in [-0.15, -0.1) is 0 Å². The molecular formula is C14H14NNa2O11P. The fraction of sp³-hybridized carbons (Fsp3) is 0.500. The maximum absolute atomic E-state index is 12.6. The number of ether oxygens (including phenoxy) is 2. The molecule has 0 saturated heterocycles. The number of aliphatic hydroxyl groups is 4. The SMILES string of the molecule is O=C1N[C@H]2[C@H](O)[C@H](O)[C@@H](O)[C@H](O)[C@@H]2c2cc3c(c(OP(=O)([O-])[O-])c21)OCO3.[Na+].[Na+]. The Bertz CT molecular complexity index is 864. The first-order valence-electron chi connectivity index (χ1n) is 7.81. The van der Waals surface area contributed by atoms with Crippen molar-refractivity contribution < 1.29 is 113 Å². The van der Waals surface area contributed by atoms with Crippen LogP contribution < -0.4 is 88.2 Å². The Labute approximate surface area is 208 Å². The maximum atomic E-state index is 12.6. The third kappa shape index (κ3) is 4.24. The normalized spacial score (nSPS) is 32.1. The van der Waals surface area contributed by atoms with Gasteiger partial charge in [0.15, 0.2) is 11.5 Å². The number of carbonyl (C=O) groups excluding carboxylic acids is 1. The van der Waals surface area contributed by atoms with E-state index in [1.165, 1.54) is 6.07 Å². The van der Waals surface area contributed by atoms with E-state index in [9.17, 15) is 39.6 Å². The van der Waals surface area contributed by atoms with Crippen molar-refractivity contribution in [3.63, 3.8) is 0 Å². The van der Waals surface area contributed by atoms with Gasteiger partial charge in [0.25, 0.3) is 5.91 Å². The van der Waals surface area contributed by atoms with Crippen molar-refractivity contribution in [1.29, 1.82) is 0 Å². The van der Waals surface area contributed by atoms with Crippen LogP contribution in [0.5, 0.6) is 17.2 Å². The Morgan fingerprint density at radius 1 is 1.07 bits per heavy atom. The Kier molecular flexibility index (Phi) is 7.78. The first-order chi connectivity index (χ1) is 12.6. The topological polar surface area (TPSA) is 201 Å². The third-order valence-corrected chi connectivity index (χ3v) is 5.32. The van der Waals surface area contributed by atoms with E-state index in [0.29, 0.717) is 0 Å². The number of phosphoric acid groups is 1. The summed E-state index contributed by atoms with van der Waals surface area (Å²) in [7, 11) is -5.60. The molecule has 6 atom stereocenters. The van der Waals surface area contributed by atoms with Crippen molar-refractivity contribution in [1.82, 2.24) is 5.32 Å². The standard InChI is InChI=1S/C14H16NO11P.2Na/c16-8-5-3-1-4-12(25-2-24-4)13(26-27(21,22)23)6(3)14(20)15-7(5)9(17)11(19)10(8)18;;/h1,5,7-11,16-19H,2H2,(H,15,20)(H2,21,22,23);;/q;2*+1/p-2/t5-,7-,8-,9+,10+,11+;;/m1../s1. The molecule has 12 nitrogen and oxygen atoms in total. The zero-order valence-corrected chi connectivity index (χ0v) is 20.2. The third-order valence-electron chi connectivity index (χ3n) is 4.91. The number of amides is 1. The number of hydrogen-bond acceptors (Lipinski definition) is 11. The second-order valence-electron chi connectivity index (χ2n) is 6.43. The summed E-state index contributed by atoms with van der Waals surface area (Å²) < 4.78 is 25.8. The molecule has 15 heteroatoms. The predicted molar refractivity (Wildman–Crippen MR) is 78.8 cm³/mol. The number of rotatable bonds is 2. The van der Waals surface area contributed by atoms with Gasteiger partial charge in [-0.3, -0.25) is 4.79 Å². The summed E-state index contributed by atoms with van der Waals surface area (Å²) in [5, 5.41) is 42.8. The van der Waals surface area contributed by atoms with Crippen LogP contribution >= 0.6 is 7.82 Å². The zero-order valence-electron chi connectivity index (χ0n) is 15.3. The molecule has 148 valence electrons. The largest absolute Gasteiger partial charge is 1.00 e. The number of benzene rings is 1. The molecule has 3 aliphatic rings. The maximum Gasteiger partial charge on any atom is 1.00 e. The van der Waals surface area contributed by atoms with Crippen LogP contribution in [-0.4, -0.2) is 63.6 Å². The van der Waals surface area contributed by atoms with E-state index in [2.05, 4.69) is 9.84 Å². The molecule has 0 aromatic heterocycles. The number of hydrogen-bond donors (Lipinski definition) is 5. The van der Waals surface area contributed by atoms with Crippen LogP contribution in [0.2, 0.25) is 0 Å². The Morgan fingerprint density at radius 3 is 2.31 bits per heavy atom. The van der Waals surface area contributed by atoms with E-state index in [1.54, 1.807) is 0 Å². The van der Waals surface area contributed by atoms with Crippen molar-refractivity contribution >= 4 is 13.7 Å². The molecule has 1 aliphatic carbocycles. The van der Waals surface area contributed by atoms with Gasteiger partial charge in [-0.05, 0) is 11.6 Å². The number of aliphatic hydroxyl groups excluding tert-OH is 4. The summed E-state index contributed by atoms with van der Waals surface area (Å²) >= 11 is 0. The quantitative estimate of drug-likeness (QED) is 0.212. The van der Waals surface area contributed by atoms with Gasteiger partial charge in [-0.2, -0.15) is 0 Å². The number of nitrogens with one attached hydrogen (secondary N) is 1. The molecule has 29 heavy (non-hydrogen) atoms. The first-order valence-corrected chi connectivity index (χ1v) is 9.27. The Morgan fingerprint density at radius 2 is 1.69 bits per heavy atom. The summed E-state index contributed by atoms with van der Waals surface area (Å²) in [4.78, 5) is 34.9. The van der Waals surface area contributed by atoms with Gasteiger partial charge in [0.2, 0.25) is 12.5 Å². The Hall–Kier alpha value is 0.0800. The van der Waals surface area contributed by atoms with Crippen LogP contribution in [0.3, 0.4) is 0 Å². The van der Waals surface area contributed by atoms with Gasteiger partial charge < -0.3 is 54.1 Å². The molecule has 2 aliphatic heterocycles. The molecule has 1 saturated carbocycles. The minimum atomic E-state index is -5.60. The van der Waals surface area contributed by atoms with E-state index < -0.39 is 61.4 Å². The number of fused-ring (bicyclic) bond motifs is 4. The molecule has 1 fully saturated rings. The van der Waals surface area contributed by atoms with Gasteiger partial charge in [0.05, 0.1) is 17.7 Å². The van der Waals surface area contributed by atoms with E-state index in [4.69, 9.17) is 9.47 Å². The minimum Gasteiger partial charge on any atom is -0.780 e. The van der Waals surface area contributed by atoms with Gasteiger partial charge >= 0.3 is 59.1 Å². The van der Waals surface area contributed by atoms with Crippen LogP contribution in [0.15, 0.2) is 6.07 Å². The molecule has 0 spiro atoms. The molecule has 0 bridgehead atoms. The van der Waals surface area contributed by atoms with Gasteiger partial charge in [-0.25, -0.2) is 0 Å². The van der Waals surface area contributed by atoms with Crippen LogP contribution in [0.25, 0.3) is 0 Å². The monoisotopic (exact) mass is 449 g/mol. The summed E-state index contributed by atoms with van der Waals surface area (Å²) in [5.74, 6) is -3.11. The summed E-state index contributed by atoms with van der Waals surface area (Å²) in [6.07, 6.45) is -6.72. The fourth-order valence-corrected chi connectivity index (χ4v) is 4.15. The van der Waals surface area contributed by atoms with Gasteiger partial charge in [0, 0.05) is 5.92 Å². The average Bonchev–Trinajstić information content (AvgIpc) is 3.05. The van der Waals surface area contributed by atoms with Gasteiger partial charge in [0.1, 0.15) is 26.1 Å². The first kappa shape index (κ1) is 25.3. The predicted octanol–water partition coefficient (Wildman–Crippen LogP) is -9.72. The van der Waals surface area contributed by atoms with Crippen molar-refractivity contribution in [2.45, 2.75) is 36.4 Å². The van der Waals surface area contributed by atoms with E-state index in [0.717, 1.165) is 0 Å².